The van der Waals surface area contributed by atoms with Gasteiger partial charge in [0.15, 0.2) is 6.10 Å². The zero-order chi connectivity index (χ0) is 52.9. The van der Waals surface area contributed by atoms with Gasteiger partial charge in [0.2, 0.25) is 0 Å². The first kappa shape index (κ1) is 71.4. The van der Waals surface area contributed by atoms with Crippen LogP contribution < -0.4 is 0 Å². The van der Waals surface area contributed by atoms with Gasteiger partial charge in [-0.25, -0.2) is 0 Å². The van der Waals surface area contributed by atoms with Crippen LogP contribution in [0.5, 0.6) is 0 Å². The summed E-state index contributed by atoms with van der Waals surface area (Å²) in [6.07, 6.45) is 72.6. The molecule has 0 saturated carbocycles. The lowest BCUT2D eigenvalue weighted by Gasteiger charge is -2.18. The van der Waals surface area contributed by atoms with Crippen molar-refractivity contribution in [2.75, 3.05) is 13.2 Å². The quantitative estimate of drug-likeness (QED) is 0.0343. The number of ether oxygens (including phenoxy) is 3. The molecule has 0 amide bonds. The molecule has 0 bridgehead atoms. The summed E-state index contributed by atoms with van der Waals surface area (Å²) in [5, 5.41) is 0. The van der Waals surface area contributed by atoms with Crippen molar-refractivity contribution >= 4 is 17.9 Å². The Hall–Kier alpha value is -1.59. The summed E-state index contributed by atoms with van der Waals surface area (Å²) in [5.74, 6) is -0.821. The van der Waals surface area contributed by atoms with Crippen molar-refractivity contribution in [1.82, 2.24) is 0 Å². The van der Waals surface area contributed by atoms with E-state index in [4.69, 9.17) is 14.2 Å². The molecule has 0 heterocycles. The minimum atomic E-state index is -0.763. The molecule has 0 N–H and O–H groups in total. The van der Waals surface area contributed by atoms with Crippen LogP contribution in [-0.4, -0.2) is 37.2 Å². The molecule has 0 aliphatic heterocycles. The molecule has 0 aromatic heterocycles. The van der Waals surface area contributed by atoms with Gasteiger partial charge in [0, 0.05) is 19.3 Å². The molecule has 0 aromatic rings. The SMILES string of the molecule is CCCCCCCCCCCCCCCCCCCCCCCC(=O)OC[C@H](COC(=O)CCCCCCCCCCCCCCCCC)OC(=O)CCCCCCCCCCCCCCCCCCCCC. The van der Waals surface area contributed by atoms with E-state index in [1.807, 2.05) is 0 Å². The fraction of sp³-hybridized carbons (Fsp3) is 0.955. The summed E-state index contributed by atoms with van der Waals surface area (Å²) in [4.78, 5) is 38.4. The Bertz CT molecular complexity index is 1090. The maximum Gasteiger partial charge on any atom is 0.306 e. The minimum absolute atomic E-state index is 0.0603. The fourth-order valence-electron chi connectivity index (χ4n) is 10.6. The van der Waals surface area contributed by atoms with E-state index in [1.54, 1.807) is 0 Å². The van der Waals surface area contributed by atoms with Crippen molar-refractivity contribution in [3.8, 4) is 0 Å². The van der Waals surface area contributed by atoms with Crippen LogP contribution in [0.1, 0.15) is 393 Å². The van der Waals surface area contributed by atoms with Crippen LogP contribution in [0.3, 0.4) is 0 Å². The van der Waals surface area contributed by atoms with Crippen LogP contribution >= 0.6 is 0 Å². The standard InChI is InChI=1S/C67H130O6/c1-4-7-10-13-16-19-22-25-28-30-32-33-35-36-39-42-45-48-51-54-57-60-66(69)72-63-64(62-71-65(68)59-56-53-50-47-44-41-38-27-24-21-18-15-12-9-6-3)73-67(70)61-58-55-52-49-46-43-40-37-34-31-29-26-23-20-17-14-11-8-5-2/h64H,4-63H2,1-3H3/t64-/m0/s1. The first-order valence-corrected chi connectivity index (χ1v) is 33.5. The number of hydrogen-bond acceptors (Lipinski definition) is 6. The molecule has 0 aliphatic rings. The van der Waals surface area contributed by atoms with E-state index in [9.17, 15) is 14.4 Å². The molecular weight excluding hydrogens is 901 g/mol. The second kappa shape index (κ2) is 62.9. The molecule has 0 rings (SSSR count). The van der Waals surface area contributed by atoms with E-state index in [1.165, 1.54) is 295 Å². The number of carbonyl (C=O) groups excluding carboxylic acids is 3. The van der Waals surface area contributed by atoms with Crippen molar-refractivity contribution < 1.29 is 28.6 Å². The molecule has 6 nitrogen and oxygen atoms in total. The number of esters is 3. The molecule has 0 unspecified atom stereocenters. The smallest absolute Gasteiger partial charge is 0.306 e. The Labute approximate surface area is 457 Å². The van der Waals surface area contributed by atoms with Crippen LogP contribution in [0, 0.1) is 0 Å². The molecule has 0 aromatic carbocycles. The second-order valence-electron chi connectivity index (χ2n) is 23.1. The predicted molar refractivity (Wildman–Crippen MR) is 317 cm³/mol. The highest BCUT2D eigenvalue weighted by Crippen LogP contribution is 2.19. The van der Waals surface area contributed by atoms with E-state index in [2.05, 4.69) is 20.8 Å². The molecule has 0 spiro atoms. The molecule has 0 aliphatic carbocycles. The monoisotopic (exact) mass is 1030 g/mol. The van der Waals surface area contributed by atoms with E-state index < -0.39 is 6.10 Å². The summed E-state index contributed by atoms with van der Waals surface area (Å²) in [6, 6.07) is 0. The van der Waals surface area contributed by atoms with Gasteiger partial charge in [0.05, 0.1) is 0 Å². The molecule has 434 valence electrons. The Kier molecular flexibility index (Phi) is 61.6. The highest BCUT2D eigenvalue weighted by molar-refractivity contribution is 5.71. The second-order valence-corrected chi connectivity index (χ2v) is 23.1. The number of hydrogen-bond donors (Lipinski definition) is 0. The van der Waals surface area contributed by atoms with Gasteiger partial charge in [-0.2, -0.15) is 0 Å². The Morgan fingerprint density at radius 3 is 0.548 bits per heavy atom. The van der Waals surface area contributed by atoms with Gasteiger partial charge in [-0.3, -0.25) is 14.4 Å². The lowest BCUT2D eigenvalue weighted by molar-refractivity contribution is -0.167. The number of carbonyl (C=O) groups is 3. The number of rotatable bonds is 63. The largest absolute Gasteiger partial charge is 0.462 e. The lowest BCUT2D eigenvalue weighted by atomic mass is 10.0. The van der Waals surface area contributed by atoms with E-state index >= 15 is 0 Å². The Balaban J connectivity index is 4.25. The van der Waals surface area contributed by atoms with Gasteiger partial charge in [0.1, 0.15) is 13.2 Å². The third-order valence-electron chi connectivity index (χ3n) is 15.6. The molecule has 0 radical (unpaired) electrons. The zero-order valence-corrected chi connectivity index (χ0v) is 50.0. The van der Waals surface area contributed by atoms with Gasteiger partial charge in [-0.05, 0) is 19.3 Å². The third-order valence-corrected chi connectivity index (χ3v) is 15.6. The average molecular weight is 1030 g/mol. The van der Waals surface area contributed by atoms with Crippen molar-refractivity contribution in [3.05, 3.63) is 0 Å². The summed E-state index contributed by atoms with van der Waals surface area (Å²) < 4.78 is 17.0. The van der Waals surface area contributed by atoms with Gasteiger partial charge >= 0.3 is 17.9 Å². The molecule has 73 heavy (non-hydrogen) atoms. The highest BCUT2D eigenvalue weighted by atomic mass is 16.6. The van der Waals surface area contributed by atoms with Gasteiger partial charge in [-0.15, -0.1) is 0 Å². The van der Waals surface area contributed by atoms with Crippen LogP contribution in [0.4, 0.5) is 0 Å². The normalized spacial score (nSPS) is 11.9. The fourth-order valence-corrected chi connectivity index (χ4v) is 10.6. The Morgan fingerprint density at radius 1 is 0.219 bits per heavy atom. The first-order valence-electron chi connectivity index (χ1n) is 33.5. The Morgan fingerprint density at radius 2 is 0.370 bits per heavy atom. The van der Waals surface area contributed by atoms with E-state index in [0.717, 1.165) is 57.8 Å². The van der Waals surface area contributed by atoms with Crippen molar-refractivity contribution in [1.29, 1.82) is 0 Å². The average Bonchev–Trinajstić information content (AvgIpc) is 3.39. The minimum Gasteiger partial charge on any atom is -0.462 e. The van der Waals surface area contributed by atoms with Crippen molar-refractivity contribution in [2.24, 2.45) is 0 Å². The number of unbranched alkanes of at least 4 members (excludes halogenated alkanes) is 52. The third kappa shape index (κ3) is 61.1. The highest BCUT2D eigenvalue weighted by Gasteiger charge is 2.19. The zero-order valence-electron chi connectivity index (χ0n) is 50.0. The summed E-state index contributed by atoms with van der Waals surface area (Å²) in [5.41, 5.74) is 0. The van der Waals surface area contributed by atoms with Crippen LogP contribution in [0.2, 0.25) is 0 Å². The van der Waals surface area contributed by atoms with Gasteiger partial charge in [0.25, 0.3) is 0 Å². The van der Waals surface area contributed by atoms with E-state index in [-0.39, 0.29) is 31.1 Å². The summed E-state index contributed by atoms with van der Waals surface area (Å²) >= 11 is 0. The van der Waals surface area contributed by atoms with Crippen molar-refractivity contribution in [2.45, 2.75) is 399 Å². The molecule has 0 fully saturated rings. The maximum atomic E-state index is 12.9. The maximum absolute atomic E-state index is 12.9. The predicted octanol–water partition coefficient (Wildman–Crippen LogP) is 22.7. The van der Waals surface area contributed by atoms with Crippen LogP contribution in [-0.2, 0) is 28.6 Å². The van der Waals surface area contributed by atoms with E-state index in [0.29, 0.717) is 19.3 Å². The first-order chi connectivity index (χ1) is 36.0. The topological polar surface area (TPSA) is 78.9 Å². The van der Waals surface area contributed by atoms with Gasteiger partial charge in [-0.1, -0.05) is 355 Å². The molecule has 0 saturated heterocycles. The molecular formula is C67H130O6. The van der Waals surface area contributed by atoms with Crippen molar-refractivity contribution in [3.63, 3.8) is 0 Å². The van der Waals surface area contributed by atoms with Crippen LogP contribution in [0.25, 0.3) is 0 Å². The summed E-state index contributed by atoms with van der Waals surface area (Å²) in [6.45, 7) is 6.74. The van der Waals surface area contributed by atoms with Crippen LogP contribution in [0.15, 0.2) is 0 Å². The lowest BCUT2D eigenvalue weighted by Crippen LogP contribution is -2.30. The van der Waals surface area contributed by atoms with Gasteiger partial charge < -0.3 is 14.2 Å². The molecule has 1 atom stereocenters. The molecule has 6 heteroatoms. The summed E-state index contributed by atoms with van der Waals surface area (Å²) in [7, 11) is 0.